The van der Waals surface area contributed by atoms with Crippen LogP contribution in [0, 0.1) is 6.92 Å². The lowest BCUT2D eigenvalue weighted by Gasteiger charge is -2.16. The van der Waals surface area contributed by atoms with Gasteiger partial charge in [-0.15, -0.1) is 11.3 Å². The maximum atomic E-state index is 5.21. The van der Waals surface area contributed by atoms with Crippen molar-refractivity contribution in [3.05, 3.63) is 21.9 Å². The van der Waals surface area contributed by atoms with Crippen molar-refractivity contribution in [2.75, 3.05) is 20.3 Å². The molecule has 0 aliphatic carbocycles. The minimum atomic E-state index is 0.352. The topological polar surface area (TPSA) is 21.3 Å². The highest BCUT2D eigenvalue weighted by Gasteiger charge is 2.10. The zero-order chi connectivity index (χ0) is 10.4. The van der Waals surface area contributed by atoms with Gasteiger partial charge in [0, 0.05) is 12.0 Å². The standard InChI is InChI=1S/C11H19NOS/c1-4-5-12-11(7-13-3)10-6-9(2)14-8-10/h6,8,11-12H,4-5,7H2,1-3H3. The maximum absolute atomic E-state index is 5.21. The molecule has 0 saturated heterocycles. The molecule has 2 nitrogen and oxygen atoms in total. The number of nitrogens with one attached hydrogen (secondary N) is 1. The van der Waals surface area contributed by atoms with E-state index >= 15 is 0 Å². The summed E-state index contributed by atoms with van der Waals surface area (Å²) in [5.41, 5.74) is 1.35. The van der Waals surface area contributed by atoms with Crippen LogP contribution in [0.25, 0.3) is 0 Å². The van der Waals surface area contributed by atoms with Crippen LogP contribution < -0.4 is 5.32 Å². The van der Waals surface area contributed by atoms with E-state index in [1.54, 1.807) is 18.4 Å². The third-order valence-electron chi connectivity index (χ3n) is 2.13. The second kappa shape index (κ2) is 6.17. The minimum Gasteiger partial charge on any atom is -0.383 e. The van der Waals surface area contributed by atoms with Crippen molar-refractivity contribution in [1.82, 2.24) is 5.32 Å². The molecule has 1 heterocycles. The Kier molecular flexibility index (Phi) is 5.15. The fourth-order valence-electron chi connectivity index (χ4n) is 1.40. The Morgan fingerprint density at radius 1 is 1.57 bits per heavy atom. The van der Waals surface area contributed by atoms with E-state index in [1.165, 1.54) is 10.4 Å². The molecule has 14 heavy (non-hydrogen) atoms. The highest BCUT2D eigenvalue weighted by Crippen LogP contribution is 2.20. The summed E-state index contributed by atoms with van der Waals surface area (Å²) in [7, 11) is 1.75. The molecule has 3 heteroatoms. The van der Waals surface area contributed by atoms with E-state index < -0.39 is 0 Å². The normalized spacial score (nSPS) is 13.1. The van der Waals surface area contributed by atoms with Crippen molar-refractivity contribution >= 4 is 11.3 Å². The molecule has 1 N–H and O–H groups in total. The van der Waals surface area contributed by atoms with Crippen LogP contribution in [-0.4, -0.2) is 20.3 Å². The van der Waals surface area contributed by atoms with Crippen molar-refractivity contribution in [2.24, 2.45) is 0 Å². The fraction of sp³-hybridized carbons (Fsp3) is 0.636. The van der Waals surface area contributed by atoms with Crippen LogP contribution in [0.3, 0.4) is 0 Å². The molecule has 0 amide bonds. The van der Waals surface area contributed by atoms with Gasteiger partial charge >= 0.3 is 0 Å². The number of thiophene rings is 1. The van der Waals surface area contributed by atoms with Crippen molar-refractivity contribution in [2.45, 2.75) is 26.3 Å². The van der Waals surface area contributed by atoms with Gasteiger partial charge in [-0.05, 0) is 36.9 Å². The highest BCUT2D eigenvalue weighted by atomic mass is 32.1. The van der Waals surface area contributed by atoms with Crippen molar-refractivity contribution in [3.8, 4) is 0 Å². The van der Waals surface area contributed by atoms with Crippen LogP contribution in [0.5, 0.6) is 0 Å². The molecule has 0 fully saturated rings. The number of rotatable bonds is 6. The van der Waals surface area contributed by atoms with Crippen molar-refractivity contribution < 1.29 is 4.74 Å². The summed E-state index contributed by atoms with van der Waals surface area (Å²) in [6, 6.07) is 2.58. The molecular weight excluding hydrogens is 194 g/mol. The van der Waals surface area contributed by atoms with E-state index in [2.05, 4.69) is 30.6 Å². The van der Waals surface area contributed by atoms with Gasteiger partial charge in [-0.25, -0.2) is 0 Å². The molecule has 0 aliphatic heterocycles. The molecule has 0 aliphatic rings. The average molecular weight is 213 g/mol. The zero-order valence-electron chi connectivity index (χ0n) is 9.17. The first-order valence-electron chi connectivity index (χ1n) is 5.05. The van der Waals surface area contributed by atoms with Crippen molar-refractivity contribution in [1.29, 1.82) is 0 Å². The lowest BCUT2D eigenvalue weighted by Crippen LogP contribution is -2.25. The molecule has 1 unspecified atom stereocenters. The van der Waals surface area contributed by atoms with Gasteiger partial charge in [-0.3, -0.25) is 0 Å². The first kappa shape index (κ1) is 11.7. The van der Waals surface area contributed by atoms with Gasteiger partial charge in [-0.2, -0.15) is 0 Å². The lowest BCUT2D eigenvalue weighted by molar-refractivity contribution is 0.167. The van der Waals surface area contributed by atoms with Crippen LogP contribution in [0.1, 0.15) is 29.8 Å². The molecule has 80 valence electrons. The van der Waals surface area contributed by atoms with Gasteiger partial charge in [0.1, 0.15) is 0 Å². The molecule has 1 aromatic rings. The van der Waals surface area contributed by atoms with Gasteiger partial charge in [0.2, 0.25) is 0 Å². The highest BCUT2D eigenvalue weighted by molar-refractivity contribution is 7.10. The van der Waals surface area contributed by atoms with Crippen LogP contribution >= 0.6 is 11.3 Å². The largest absolute Gasteiger partial charge is 0.383 e. The minimum absolute atomic E-state index is 0.352. The van der Waals surface area contributed by atoms with Gasteiger partial charge in [0.05, 0.1) is 12.6 Å². The molecule has 0 radical (unpaired) electrons. The summed E-state index contributed by atoms with van der Waals surface area (Å²) in [5.74, 6) is 0. The third-order valence-corrected chi connectivity index (χ3v) is 3.01. The lowest BCUT2D eigenvalue weighted by atomic mass is 10.1. The molecular formula is C11H19NOS. The van der Waals surface area contributed by atoms with Crippen molar-refractivity contribution in [3.63, 3.8) is 0 Å². The Bertz CT molecular complexity index is 260. The molecule has 0 spiro atoms. The number of methoxy groups -OCH3 is 1. The number of hydrogen-bond acceptors (Lipinski definition) is 3. The molecule has 0 bridgehead atoms. The Balaban J connectivity index is 2.57. The fourth-order valence-corrected chi connectivity index (χ4v) is 2.16. The Hall–Kier alpha value is -0.380. The second-order valence-electron chi connectivity index (χ2n) is 3.45. The Labute approximate surface area is 90.3 Å². The quantitative estimate of drug-likeness (QED) is 0.784. The summed E-state index contributed by atoms with van der Waals surface area (Å²) in [6.07, 6.45) is 1.16. The number of aryl methyl sites for hydroxylation is 1. The van der Waals surface area contributed by atoms with E-state index in [-0.39, 0.29) is 0 Å². The molecule has 1 aromatic heterocycles. The Morgan fingerprint density at radius 2 is 2.36 bits per heavy atom. The first-order valence-corrected chi connectivity index (χ1v) is 5.93. The van der Waals surface area contributed by atoms with Crippen LogP contribution in [-0.2, 0) is 4.74 Å². The van der Waals surface area contributed by atoms with Gasteiger partial charge in [-0.1, -0.05) is 6.92 Å². The predicted octanol–water partition coefficient (Wildman–Crippen LogP) is 2.74. The third kappa shape index (κ3) is 3.40. The van der Waals surface area contributed by atoms with Crippen LogP contribution in [0.2, 0.25) is 0 Å². The van der Waals surface area contributed by atoms with Gasteiger partial charge in [0.25, 0.3) is 0 Å². The van der Waals surface area contributed by atoms with E-state index in [0.717, 1.165) is 19.6 Å². The second-order valence-corrected chi connectivity index (χ2v) is 4.57. The Morgan fingerprint density at radius 3 is 2.86 bits per heavy atom. The molecule has 0 saturated carbocycles. The monoisotopic (exact) mass is 213 g/mol. The SMILES string of the molecule is CCCNC(COC)c1csc(C)c1. The smallest absolute Gasteiger partial charge is 0.0657 e. The van der Waals surface area contributed by atoms with E-state index in [4.69, 9.17) is 4.74 Å². The predicted molar refractivity (Wildman–Crippen MR) is 62.0 cm³/mol. The number of ether oxygens (including phenoxy) is 1. The summed E-state index contributed by atoms with van der Waals surface area (Å²) >= 11 is 1.80. The van der Waals surface area contributed by atoms with E-state index in [1.807, 2.05) is 0 Å². The van der Waals surface area contributed by atoms with Gasteiger partial charge < -0.3 is 10.1 Å². The van der Waals surface area contributed by atoms with Crippen LogP contribution in [0.15, 0.2) is 11.4 Å². The average Bonchev–Trinajstić information content (AvgIpc) is 2.59. The van der Waals surface area contributed by atoms with E-state index in [0.29, 0.717) is 6.04 Å². The summed E-state index contributed by atoms with van der Waals surface area (Å²) in [6.45, 7) is 6.10. The van der Waals surface area contributed by atoms with Gasteiger partial charge in [0.15, 0.2) is 0 Å². The first-order chi connectivity index (χ1) is 6.77. The molecule has 1 atom stereocenters. The zero-order valence-corrected chi connectivity index (χ0v) is 9.99. The van der Waals surface area contributed by atoms with E-state index in [9.17, 15) is 0 Å². The summed E-state index contributed by atoms with van der Waals surface area (Å²) < 4.78 is 5.21. The number of hydrogen-bond donors (Lipinski definition) is 1. The van der Waals surface area contributed by atoms with Crippen LogP contribution in [0.4, 0.5) is 0 Å². The maximum Gasteiger partial charge on any atom is 0.0657 e. The molecule has 0 aromatic carbocycles. The summed E-state index contributed by atoms with van der Waals surface area (Å²) in [5, 5.41) is 5.69. The molecule has 1 rings (SSSR count). The summed E-state index contributed by atoms with van der Waals surface area (Å²) in [4.78, 5) is 1.36.